The quantitative estimate of drug-likeness (QED) is 0.843. The van der Waals surface area contributed by atoms with Crippen LogP contribution in [0.3, 0.4) is 0 Å². The largest absolute Gasteiger partial charge is 0.391 e. The highest BCUT2D eigenvalue weighted by Gasteiger charge is 2.42. The van der Waals surface area contributed by atoms with Crippen LogP contribution in [-0.2, 0) is 0 Å². The van der Waals surface area contributed by atoms with Crippen LogP contribution in [0.25, 0.3) is 0 Å². The lowest BCUT2D eigenvalue weighted by Crippen LogP contribution is -2.39. The summed E-state index contributed by atoms with van der Waals surface area (Å²) in [6.07, 6.45) is -2.07. The van der Waals surface area contributed by atoms with Crippen molar-refractivity contribution in [3.05, 3.63) is 35.4 Å². The van der Waals surface area contributed by atoms with E-state index in [1.165, 1.54) is 5.56 Å². The van der Waals surface area contributed by atoms with Crippen molar-refractivity contribution in [2.45, 2.75) is 57.8 Å². The Kier molecular flexibility index (Phi) is 4.74. The molecule has 3 atom stereocenters. The zero-order valence-electron chi connectivity index (χ0n) is 12.0. The minimum Gasteiger partial charge on any atom is -0.307 e. The molecule has 0 amide bonds. The SMILES string of the molecule is Cc1ccc([C@@H](C)NC2CCCC(C(F)(F)F)C2)cc1. The molecule has 2 unspecified atom stereocenters. The third kappa shape index (κ3) is 3.98. The van der Waals surface area contributed by atoms with Crippen molar-refractivity contribution in [1.29, 1.82) is 0 Å². The van der Waals surface area contributed by atoms with Gasteiger partial charge in [0, 0.05) is 12.1 Å². The predicted octanol–water partition coefficient (Wildman–Crippen LogP) is 4.77. The van der Waals surface area contributed by atoms with Gasteiger partial charge in [-0.15, -0.1) is 0 Å². The summed E-state index contributed by atoms with van der Waals surface area (Å²) in [5.41, 5.74) is 2.32. The van der Waals surface area contributed by atoms with Gasteiger partial charge >= 0.3 is 6.18 Å². The summed E-state index contributed by atoms with van der Waals surface area (Å²) < 4.78 is 38.4. The number of nitrogens with one attached hydrogen (secondary N) is 1. The average molecular weight is 285 g/mol. The summed E-state index contributed by atoms with van der Waals surface area (Å²) in [6.45, 7) is 4.04. The maximum atomic E-state index is 12.8. The van der Waals surface area contributed by atoms with Gasteiger partial charge in [-0.3, -0.25) is 0 Å². The van der Waals surface area contributed by atoms with Gasteiger partial charge in [-0.25, -0.2) is 0 Å². The summed E-state index contributed by atoms with van der Waals surface area (Å²) in [5, 5.41) is 3.36. The number of halogens is 3. The highest BCUT2D eigenvalue weighted by Crippen LogP contribution is 2.38. The molecule has 1 aromatic rings. The molecule has 1 aliphatic rings. The molecule has 0 saturated heterocycles. The van der Waals surface area contributed by atoms with E-state index < -0.39 is 12.1 Å². The first-order valence-corrected chi connectivity index (χ1v) is 7.25. The van der Waals surface area contributed by atoms with Gasteiger partial charge in [0.05, 0.1) is 5.92 Å². The lowest BCUT2D eigenvalue weighted by atomic mass is 9.84. The molecular weight excluding hydrogens is 263 g/mol. The zero-order chi connectivity index (χ0) is 14.8. The van der Waals surface area contributed by atoms with E-state index in [1.807, 2.05) is 38.1 Å². The van der Waals surface area contributed by atoms with E-state index in [2.05, 4.69) is 5.32 Å². The summed E-state index contributed by atoms with van der Waals surface area (Å²) in [4.78, 5) is 0. The Morgan fingerprint density at radius 2 is 1.80 bits per heavy atom. The normalized spacial score (nSPS) is 25.4. The number of hydrogen-bond acceptors (Lipinski definition) is 1. The first-order chi connectivity index (χ1) is 9.36. The van der Waals surface area contributed by atoms with Crippen LogP contribution in [0.1, 0.15) is 49.8 Å². The molecule has 0 spiro atoms. The molecule has 1 saturated carbocycles. The fourth-order valence-corrected chi connectivity index (χ4v) is 2.94. The Labute approximate surface area is 118 Å². The van der Waals surface area contributed by atoms with E-state index >= 15 is 0 Å². The molecule has 2 rings (SSSR count). The second-order valence-corrected chi connectivity index (χ2v) is 5.90. The average Bonchev–Trinajstić information content (AvgIpc) is 2.38. The van der Waals surface area contributed by atoms with Crippen molar-refractivity contribution < 1.29 is 13.2 Å². The van der Waals surface area contributed by atoms with Gasteiger partial charge < -0.3 is 5.32 Å². The number of benzene rings is 1. The van der Waals surface area contributed by atoms with Gasteiger partial charge in [0.25, 0.3) is 0 Å². The van der Waals surface area contributed by atoms with E-state index in [9.17, 15) is 13.2 Å². The molecule has 1 N–H and O–H groups in total. The molecule has 20 heavy (non-hydrogen) atoms. The fraction of sp³-hybridized carbons (Fsp3) is 0.625. The zero-order valence-corrected chi connectivity index (χ0v) is 12.0. The van der Waals surface area contributed by atoms with E-state index in [0.717, 1.165) is 12.0 Å². The van der Waals surface area contributed by atoms with Gasteiger partial charge in [-0.05, 0) is 38.7 Å². The Balaban J connectivity index is 1.94. The molecule has 4 heteroatoms. The molecule has 0 radical (unpaired) electrons. The number of rotatable bonds is 3. The minimum absolute atomic E-state index is 0.0355. The van der Waals surface area contributed by atoms with E-state index in [1.54, 1.807) is 0 Å². The van der Waals surface area contributed by atoms with Crippen LogP contribution in [0.2, 0.25) is 0 Å². The smallest absolute Gasteiger partial charge is 0.307 e. The molecular formula is C16H22F3N. The van der Waals surface area contributed by atoms with Gasteiger partial charge in [0.1, 0.15) is 0 Å². The maximum absolute atomic E-state index is 12.8. The number of aryl methyl sites for hydroxylation is 1. The molecule has 1 aromatic carbocycles. The second-order valence-electron chi connectivity index (χ2n) is 5.90. The van der Waals surface area contributed by atoms with Crippen molar-refractivity contribution in [2.75, 3.05) is 0 Å². The topological polar surface area (TPSA) is 12.0 Å². The summed E-state index contributed by atoms with van der Waals surface area (Å²) in [6, 6.07) is 8.20. The monoisotopic (exact) mass is 285 g/mol. The number of hydrogen-bond donors (Lipinski definition) is 1. The van der Waals surface area contributed by atoms with Gasteiger partial charge in [-0.1, -0.05) is 36.2 Å². The van der Waals surface area contributed by atoms with Crippen molar-refractivity contribution >= 4 is 0 Å². The highest BCUT2D eigenvalue weighted by atomic mass is 19.4. The van der Waals surface area contributed by atoms with Crippen LogP contribution >= 0.6 is 0 Å². The lowest BCUT2D eigenvalue weighted by molar-refractivity contribution is -0.183. The summed E-state index contributed by atoms with van der Waals surface area (Å²) in [7, 11) is 0. The minimum atomic E-state index is -4.05. The third-order valence-electron chi connectivity index (χ3n) is 4.20. The van der Waals surface area contributed by atoms with Crippen LogP contribution in [-0.4, -0.2) is 12.2 Å². The number of alkyl halides is 3. The fourth-order valence-electron chi connectivity index (χ4n) is 2.94. The van der Waals surface area contributed by atoms with Gasteiger partial charge in [0.2, 0.25) is 0 Å². The van der Waals surface area contributed by atoms with Gasteiger partial charge in [-0.2, -0.15) is 13.2 Å². The van der Waals surface area contributed by atoms with E-state index in [-0.39, 0.29) is 24.9 Å². The molecule has 1 fully saturated rings. The van der Waals surface area contributed by atoms with Crippen LogP contribution in [0.5, 0.6) is 0 Å². The van der Waals surface area contributed by atoms with Crippen LogP contribution in [0.4, 0.5) is 13.2 Å². The Morgan fingerprint density at radius 3 is 2.40 bits per heavy atom. The Morgan fingerprint density at radius 1 is 1.15 bits per heavy atom. The standard InChI is InChI=1S/C16H22F3N/c1-11-6-8-13(9-7-11)12(2)20-15-5-3-4-14(10-15)16(17,18)19/h6-9,12,14-15,20H,3-5,10H2,1-2H3/t12-,14?,15?/m1/s1. The highest BCUT2D eigenvalue weighted by molar-refractivity contribution is 5.23. The van der Waals surface area contributed by atoms with Crippen LogP contribution in [0.15, 0.2) is 24.3 Å². The summed E-state index contributed by atoms with van der Waals surface area (Å²) >= 11 is 0. The molecule has 1 nitrogen and oxygen atoms in total. The molecule has 0 heterocycles. The molecule has 0 bridgehead atoms. The Hall–Kier alpha value is -1.03. The van der Waals surface area contributed by atoms with Crippen molar-refractivity contribution in [2.24, 2.45) is 5.92 Å². The molecule has 1 aliphatic carbocycles. The van der Waals surface area contributed by atoms with E-state index in [4.69, 9.17) is 0 Å². The van der Waals surface area contributed by atoms with E-state index in [0.29, 0.717) is 6.42 Å². The second kappa shape index (κ2) is 6.17. The summed E-state index contributed by atoms with van der Waals surface area (Å²) in [5.74, 6) is -1.14. The van der Waals surface area contributed by atoms with Crippen LogP contribution < -0.4 is 5.32 Å². The predicted molar refractivity (Wildman–Crippen MR) is 74.5 cm³/mol. The maximum Gasteiger partial charge on any atom is 0.391 e. The molecule has 0 aromatic heterocycles. The first-order valence-electron chi connectivity index (χ1n) is 7.25. The first kappa shape index (κ1) is 15.4. The van der Waals surface area contributed by atoms with Crippen molar-refractivity contribution in [3.8, 4) is 0 Å². The lowest BCUT2D eigenvalue weighted by Gasteiger charge is -2.33. The Bertz CT molecular complexity index is 424. The van der Waals surface area contributed by atoms with Gasteiger partial charge in [0.15, 0.2) is 0 Å². The molecule has 0 aliphatic heterocycles. The van der Waals surface area contributed by atoms with Crippen molar-refractivity contribution in [3.63, 3.8) is 0 Å². The van der Waals surface area contributed by atoms with Crippen LogP contribution in [0, 0.1) is 12.8 Å². The third-order valence-corrected chi connectivity index (χ3v) is 4.20. The van der Waals surface area contributed by atoms with Crippen molar-refractivity contribution in [1.82, 2.24) is 5.32 Å². The molecule has 112 valence electrons.